The smallest absolute Gasteiger partial charge is 0.128 e. The van der Waals surface area contributed by atoms with E-state index in [1.54, 1.807) is 6.07 Å². The zero-order valence-electron chi connectivity index (χ0n) is 12.9. The lowest BCUT2D eigenvalue weighted by Gasteiger charge is -2.38. The van der Waals surface area contributed by atoms with Crippen LogP contribution in [-0.2, 0) is 5.41 Å². The number of nitrogens with one attached hydrogen (secondary N) is 1. The van der Waals surface area contributed by atoms with Gasteiger partial charge < -0.3 is 5.32 Å². The molecule has 1 aliphatic carbocycles. The molecule has 112 valence electrons. The Labute approximate surface area is 126 Å². The molecule has 1 aliphatic rings. The van der Waals surface area contributed by atoms with E-state index in [9.17, 15) is 4.39 Å². The number of hydrogen-bond acceptors (Lipinski definition) is 1. The van der Waals surface area contributed by atoms with E-state index in [-0.39, 0.29) is 16.8 Å². The van der Waals surface area contributed by atoms with Crippen LogP contribution in [0.15, 0.2) is 18.2 Å². The lowest BCUT2D eigenvalue weighted by Crippen LogP contribution is -2.47. The summed E-state index contributed by atoms with van der Waals surface area (Å²) in [5.74, 6) is 0.272. The minimum Gasteiger partial charge on any atom is -0.311 e. The van der Waals surface area contributed by atoms with E-state index in [0.29, 0.717) is 16.5 Å². The first-order chi connectivity index (χ1) is 9.26. The maximum atomic E-state index is 14.4. The molecule has 1 saturated carbocycles. The van der Waals surface area contributed by atoms with Crippen molar-refractivity contribution >= 4 is 11.6 Å². The van der Waals surface area contributed by atoms with Gasteiger partial charge in [-0.1, -0.05) is 31.0 Å². The van der Waals surface area contributed by atoms with Crippen molar-refractivity contribution in [2.45, 2.75) is 57.9 Å². The van der Waals surface area contributed by atoms with Crippen molar-refractivity contribution in [2.75, 3.05) is 6.54 Å². The van der Waals surface area contributed by atoms with Crippen molar-refractivity contribution in [3.63, 3.8) is 0 Å². The van der Waals surface area contributed by atoms with Crippen LogP contribution in [-0.4, -0.2) is 12.1 Å². The van der Waals surface area contributed by atoms with Gasteiger partial charge in [-0.05, 0) is 51.7 Å². The van der Waals surface area contributed by atoms with E-state index >= 15 is 0 Å². The summed E-state index contributed by atoms with van der Waals surface area (Å²) < 4.78 is 14.4. The Bertz CT molecular complexity index is 460. The predicted octanol–water partition coefficient (Wildman–Crippen LogP) is 4.93. The monoisotopic (exact) mass is 297 g/mol. The number of rotatable bonds is 3. The van der Waals surface area contributed by atoms with Gasteiger partial charge in [-0.2, -0.15) is 0 Å². The van der Waals surface area contributed by atoms with Crippen molar-refractivity contribution in [1.29, 1.82) is 0 Å². The largest absolute Gasteiger partial charge is 0.311 e. The summed E-state index contributed by atoms with van der Waals surface area (Å²) in [5.41, 5.74) is 0.548. The zero-order chi connectivity index (χ0) is 15.0. The summed E-state index contributed by atoms with van der Waals surface area (Å²) in [6.45, 7) is 9.42. The normalized spacial score (nSPS) is 27.0. The van der Waals surface area contributed by atoms with Crippen LogP contribution in [0.25, 0.3) is 0 Å². The highest BCUT2D eigenvalue weighted by Gasteiger charge is 2.44. The van der Waals surface area contributed by atoms with Gasteiger partial charge >= 0.3 is 0 Å². The Morgan fingerprint density at radius 2 is 2.10 bits per heavy atom. The summed E-state index contributed by atoms with van der Waals surface area (Å²) in [4.78, 5) is 0. The molecule has 2 rings (SSSR count). The molecule has 1 aromatic carbocycles. The fourth-order valence-corrected chi connectivity index (χ4v) is 3.72. The summed E-state index contributed by atoms with van der Waals surface area (Å²) in [7, 11) is 0. The maximum absolute atomic E-state index is 14.4. The molecule has 0 radical (unpaired) electrons. The minimum atomic E-state index is -0.185. The first kappa shape index (κ1) is 15.8. The van der Waals surface area contributed by atoms with Gasteiger partial charge in [-0.3, -0.25) is 0 Å². The highest BCUT2D eigenvalue weighted by Crippen LogP contribution is 2.48. The molecule has 1 aromatic rings. The van der Waals surface area contributed by atoms with Crippen LogP contribution in [0.5, 0.6) is 0 Å². The first-order valence-electron chi connectivity index (χ1n) is 7.46. The second kappa shape index (κ2) is 5.65. The van der Waals surface area contributed by atoms with E-state index in [2.05, 4.69) is 33.0 Å². The van der Waals surface area contributed by atoms with E-state index in [4.69, 9.17) is 11.6 Å². The average Bonchev–Trinajstić information content (AvgIpc) is 2.68. The van der Waals surface area contributed by atoms with Gasteiger partial charge in [0.15, 0.2) is 0 Å². The third-order valence-electron chi connectivity index (χ3n) is 4.60. The number of benzene rings is 1. The molecule has 2 atom stereocenters. The summed E-state index contributed by atoms with van der Waals surface area (Å²) >= 11 is 6.35. The molecule has 0 amide bonds. The molecular formula is C17H25ClFN. The van der Waals surface area contributed by atoms with Gasteiger partial charge in [0.05, 0.1) is 0 Å². The summed E-state index contributed by atoms with van der Waals surface area (Å²) in [5, 5.41) is 4.13. The molecule has 1 N–H and O–H groups in total. The standard InChI is InChI=1S/C17H25ClFN/c1-12-7-6-10-17(12,11-20-16(2,3)4)15-13(18)8-5-9-14(15)19/h5,8-9,12,20H,6-7,10-11H2,1-4H3. The van der Waals surface area contributed by atoms with Gasteiger partial charge in [0.1, 0.15) is 5.82 Å². The van der Waals surface area contributed by atoms with E-state index in [1.165, 1.54) is 6.07 Å². The van der Waals surface area contributed by atoms with E-state index in [0.717, 1.165) is 25.8 Å². The van der Waals surface area contributed by atoms with Crippen molar-refractivity contribution in [3.8, 4) is 0 Å². The summed E-state index contributed by atoms with van der Waals surface area (Å²) in [6.07, 6.45) is 3.27. The topological polar surface area (TPSA) is 12.0 Å². The predicted molar refractivity (Wildman–Crippen MR) is 83.9 cm³/mol. The lowest BCUT2D eigenvalue weighted by molar-refractivity contribution is 0.272. The van der Waals surface area contributed by atoms with Crippen molar-refractivity contribution in [1.82, 2.24) is 5.32 Å². The zero-order valence-corrected chi connectivity index (χ0v) is 13.6. The van der Waals surface area contributed by atoms with Crippen molar-refractivity contribution in [2.24, 2.45) is 5.92 Å². The summed E-state index contributed by atoms with van der Waals surface area (Å²) in [6, 6.07) is 5.03. The molecule has 2 unspecified atom stereocenters. The second-order valence-corrected chi connectivity index (χ2v) is 7.56. The van der Waals surface area contributed by atoms with Crippen LogP contribution in [0, 0.1) is 11.7 Å². The Morgan fingerprint density at radius 1 is 1.40 bits per heavy atom. The molecule has 1 nitrogen and oxygen atoms in total. The highest BCUT2D eigenvalue weighted by molar-refractivity contribution is 6.31. The van der Waals surface area contributed by atoms with Gasteiger partial charge in [0.25, 0.3) is 0 Å². The molecule has 0 aliphatic heterocycles. The van der Waals surface area contributed by atoms with E-state index < -0.39 is 0 Å². The molecule has 0 spiro atoms. The molecule has 3 heteroatoms. The number of hydrogen-bond donors (Lipinski definition) is 1. The van der Waals surface area contributed by atoms with E-state index in [1.807, 2.05) is 6.07 Å². The van der Waals surface area contributed by atoms with Gasteiger partial charge in [-0.15, -0.1) is 0 Å². The quantitative estimate of drug-likeness (QED) is 0.834. The third kappa shape index (κ3) is 3.01. The van der Waals surface area contributed by atoms with Gasteiger partial charge in [-0.25, -0.2) is 4.39 Å². The third-order valence-corrected chi connectivity index (χ3v) is 4.91. The minimum absolute atomic E-state index is 0.0209. The van der Waals surface area contributed by atoms with Crippen LogP contribution in [0.3, 0.4) is 0 Å². The molecule has 0 heterocycles. The van der Waals surface area contributed by atoms with Crippen molar-refractivity contribution < 1.29 is 4.39 Å². The molecule has 0 aromatic heterocycles. The van der Waals surface area contributed by atoms with Crippen LogP contribution in [0.4, 0.5) is 4.39 Å². The van der Waals surface area contributed by atoms with Crippen molar-refractivity contribution in [3.05, 3.63) is 34.6 Å². The number of halogens is 2. The Kier molecular flexibility index (Phi) is 4.46. The fourth-order valence-electron chi connectivity index (χ4n) is 3.37. The highest BCUT2D eigenvalue weighted by atomic mass is 35.5. The Balaban J connectivity index is 2.43. The average molecular weight is 298 g/mol. The lowest BCUT2D eigenvalue weighted by atomic mass is 9.72. The fraction of sp³-hybridized carbons (Fsp3) is 0.647. The molecule has 20 heavy (non-hydrogen) atoms. The first-order valence-corrected chi connectivity index (χ1v) is 7.83. The molecular weight excluding hydrogens is 273 g/mol. The Morgan fingerprint density at radius 3 is 2.60 bits per heavy atom. The van der Waals surface area contributed by atoms with Crippen LogP contribution >= 0.6 is 11.6 Å². The second-order valence-electron chi connectivity index (χ2n) is 7.15. The maximum Gasteiger partial charge on any atom is 0.128 e. The van der Waals surface area contributed by atoms with Crippen LogP contribution < -0.4 is 5.32 Å². The SMILES string of the molecule is CC1CCCC1(CNC(C)(C)C)c1c(F)cccc1Cl. The molecule has 1 fully saturated rings. The van der Waals surface area contributed by atoms with Gasteiger partial charge in [0, 0.05) is 28.1 Å². The molecule has 0 saturated heterocycles. The van der Waals surface area contributed by atoms with Crippen LogP contribution in [0.2, 0.25) is 5.02 Å². The Hall–Kier alpha value is -0.600. The van der Waals surface area contributed by atoms with Gasteiger partial charge in [0.2, 0.25) is 0 Å². The van der Waals surface area contributed by atoms with Crippen LogP contribution in [0.1, 0.15) is 52.5 Å². The molecule has 0 bridgehead atoms.